The maximum Gasteiger partial charge on any atom is 0.414 e. The predicted octanol–water partition coefficient (Wildman–Crippen LogP) is 1.70. The Bertz CT molecular complexity index is 966. The molecule has 28 heavy (non-hydrogen) atoms. The first-order valence-corrected chi connectivity index (χ1v) is 9.86. The van der Waals surface area contributed by atoms with E-state index in [1.165, 1.54) is 0 Å². The number of rotatable bonds is 5. The maximum atomic E-state index is 14.6. The molecule has 1 atom stereocenters. The summed E-state index contributed by atoms with van der Waals surface area (Å²) in [5.41, 5.74) is -1.38. The normalized spacial score (nSPS) is 20.1. The van der Waals surface area contributed by atoms with Crippen LogP contribution in [0.2, 0.25) is 0 Å². The Kier molecular flexibility index (Phi) is 5.35. The van der Waals surface area contributed by atoms with Crippen LogP contribution in [0.1, 0.15) is 6.42 Å². The zero-order valence-corrected chi connectivity index (χ0v) is 15.3. The van der Waals surface area contributed by atoms with E-state index >= 15 is 0 Å². The first-order valence-electron chi connectivity index (χ1n) is 8.04. The summed E-state index contributed by atoms with van der Waals surface area (Å²) in [6.07, 6.45) is 0.916. The van der Waals surface area contributed by atoms with Crippen molar-refractivity contribution < 1.29 is 40.1 Å². The fourth-order valence-corrected chi connectivity index (χ4v) is 3.18. The SMILES string of the molecule is CS(=O)(=O)OC[C@H]1CN(c2cc(F)c(N3C=CC(=O)CC3)c(F)c2F)C(=O)O1. The lowest BCUT2D eigenvalue weighted by atomic mass is 10.1. The molecular weight excluding hydrogens is 405 g/mol. The summed E-state index contributed by atoms with van der Waals surface area (Å²) in [6, 6.07) is 0.638. The quantitative estimate of drug-likeness (QED) is 0.529. The van der Waals surface area contributed by atoms with Gasteiger partial charge in [-0.2, -0.15) is 8.42 Å². The van der Waals surface area contributed by atoms with E-state index in [9.17, 15) is 31.2 Å². The number of hydrogen-bond acceptors (Lipinski definition) is 7. The van der Waals surface area contributed by atoms with Crippen molar-refractivity contribution in [2.24, 2.45) is 0 Å². The van der Waals surface area contributed by atoms with Crippen LogP contribution in [-0.2, 0) is 23.8 Å². The zero-order valence-electron chi connectivity index (χ0n) is 14.5. The molecule has 1 aromatic carbocycles. The van der Waals surface area contributed by atoms with E-state index in [0.29, 0.717) is 11.0 Å². The summed E-state index contributed by atoms with van der Waals surface area (Å²) in [4.78, 5) is 24.9. The lowest BCUT2D eigenvalue weighted by Gasteiger charge is -2.25. The second-order valence-corrected chi connectivity index (χ2v) is 7.83. The third-order valence-corrected chi connectivity index (χ3v) is 4.64. The van der Waals surface area contributed by atoms with Gasteiger partial charge in [0.25, 0.3) is 10.1 Å². The van der Waals surface area contributed by atoms with Crippen LogP contribution in [-0.4, -0.2) is 52.4 Å². The Balaban J connectivity index is 1.86. The number of anilines is 2. The molecule has 0 unspecified atom stereocenters. The van der Waals surface area contributed by atoms with E-state index in [1.807, 2.05) is 0 Å². The van der Waals surface area contributed by atoms with Gasteiger partial charge in [-0.05, 0) is 6.08 Å². The van der Waals surface area contributed by atoms with Crippen molar-refractivity contribution in [3.8, 4) is 0 Å². The Labute approximate surface area is 158 Å². The van der Waals surface area contributed by atoms with Gasteiger partial charge in [-0.3, -0.25) is 13.9 Å². The molecule has 12 heteroatoms. The third kappa shape index (κ3) is 4.12. The van der Waals surface area contributed by atoms with Gasteiger partial charge < -0.3 is 9.64 Å². The number of benzene rings is 1. The van der Waals surface area contributed by atoms with Crippen LogP contribution in [0.4, 0.5) is 29.3 Å². The van der Waals surface area contributed by atoms with Crippen LogP contribution in [0.5, 0.6) is 0 Å². The molecule has 0 spiro atoms. The molecule has 1 amide bonds. The highest BCUT2D eigenvalue weighted by atomic mass is 32.2. The lowest BCUT2D eigenvalue weighted by Crippen LogP contribution is -2.29. The van der Waals surface area contributed by atoms with Crippen molar-refractivity contribution in [3.05, 3.63) is 35.8 Å². The molecular formula is C16H15F3N2O6S. The minimum atomic E-state index is -3.79. The number of nitrogens with zero attached hydrogens (tertiary/aromatic N) is 2. The summed E-state index contributed by atoms with van der Waals surface area (Å²) in [5, 5.41) is 0. The highest BCUT2D eigenvalue weighted by molar-refractivity contribution is 7.85. The van der Waals surface area contributed by atoms with Gasteiger partial charge in [0.1, 0.15) is 18.4 Å². The lowest BCUT2D eigenvalue weighted by molar-refractivity contribution is -0.114. The summed E-state index contributed by atoms with van der Waals surface area (Å²) in [7, 11) is -3.79. The fraction of sp³-hybridized carbons (Fsp3) is 0.375. The molecule has 152 valence electrons. The molecule has 0 bridgehead atoms. The molecule has 0 aromatic heterocycles. The number of carbonyl (C=O) groups is 2. The summed E-state index contributed by atoms with van der Waals surface area (Å²) < 4.78 is 75.0. The standard InChI is InChI=1S/C16H15F3N2O6S/c1-28(24,25)26-8-10-7-21(16(23)27-10)12-6-11(17)15(14(19)13(12)18)20-4-2-9(22)3-5-20/h2,4,6,10H,3,5,7-8H2,1H3/t10-/m1/s1. The summed E-state index contributed by atoms with van der Waals surface area (Å²) in [6.45, 7) is -0.904. The molecule has 0 saturated carbocycles. The van der Waals surface area contributed by atoms with Gasteiger partial charge >= 0.3 is 6.09 Å². The van der Waals surface area contributed by atoms with Gasteiger partial charge in [-0.15, -0.1) is 0 Å². The van der Waals surface area contributed by atoms with Crippen LogP contribution >= 0.6 is 0 Å². The van der Waals surface area contributed by atoms with Crippen molar-refractivity contribution in [1.29, 1.82) is 0 Å². The summed E-state index contributed by atoms with van der Waals surface area (Å²) in [5.74, 6) is -4.38. The topological polar surface area (TPSA) is 93.2 Å². The molecule has 2 aliphatic rings. The van der Waals surface area contributed by atoms with E-state index in [2.05, 4.69) is 4.18 Å². The molecule has 2 aliphatic heterocycles. The second kappa shape index (κ2) is 7.43. The van der Waals surface area contributed by atoms with E-state index in [4.69, 9.17) is 4.74 Å². The van der Waals surface area contributed by atoms with E-state index in [-0.39, 0.29) is 25.3 Å². The van der Waals surface area contributed by atoms with Crippen LogP contribution in [0.15, 0.2) is 18.3 Å². The molecule has 0 radical (unpaired) electrons. The minimum absolute atomic E-state index is 0.0131. The number of hydrogen-bond donors (Lipinski definition) is 0. The number of allylic oxidation sites excluding steroid dienone is 1. The van der Waals surface area contributed by atoms with Gasteiger partial charge in [-0.1, -0.05) is 0 Å². The first kappa shape index (κ1) is 20.1. The van der Waals surface area contributed by atoms with Crippen molar-refractivity contribution >= 4 is 33.4 Å². The highest BCUT2D eigenvalue weighted by Crippen LogP contribution is 2.35. The summed E-state index contributed by atoms with van der Waals surface area (Å²) >= 11 is 0. The number of amides is 1. The molecule has 0 aliphatic carbocycles. The second-order valence-electron chi connectivity index (χ2n) is 6.18. The molecule has 3 rings (SSSR count). The van der Waals surface area contributed by atoms with Crippen LogP contribution in [0.25, 0.3) is 0 Å². The third-order valence-electron chi connectivity index (χ3n) is 4.07. The molecule has 0 N–H and O–H groups in total. The number of ketones is 1. The van der Waals surface area contributed by atoms with E-state index in [1.54, 1.807) is 0 Å². The Morgan fingerprint density at radius 3 is 2.57 bits per heavy atom. The monoisotopic (exact) mass is 420 g/mol. The number of cyclic esters (lactones) is 1. The van der Waals surface area contributed by atoms with Crippen molar-refractivity contribution in [3.63, 3.8) is 0 Å². The van der Waals surface area contributed by atoms with Crippen molar-refractivity contribution in [1.82, 2.24) is 0 Å². The molecule has 8 nitrogen and oxygen atoms in total. The molecule has 2 heterocycles. The zero-order chi connectivity index (χ0) is 20.6. The van der Waals surface area contributed by atoms with Crippen molar-refractivity contribution in [2.45, 2.75) is 12.5 Å². The van der Waals surface area contributed by atoms with E-state index < -0.39 is 57.7 Å². The Morgan fingerprint density at radius 1 is 1.25 bits per heavy atom. The first-order chi connectivity index (χ1) is 13.1. The highest BCUT2D eigenvalue weighted by Gasteiger charge is 2.37. The molecule has 1 saturated heterocycles. The number of carbonyl (C=O) groups excluding carboxylic acids is 2. The van der Waals surface area contributed by atoms with Gasteiger partial charge in [0.2, 0.25) is 0 Å². The van der Waals surface area contributed by atoms with Gasteiger partial charge in [0.15, 0.2) is 23.2 Å². The average Bonchev–Trinajstić information content (AvgIpc) is 2.98. The van der Waals surface area contributed by atoms with Gasteiger partial charge in [-0.25, -0.2) is 18.0 Å². The molecule has 1 aromatic rings. The smallest absolute Gasteiger partial charge is 0.414 e. The van der Waals surface area contributed by atoms with E-state index in [0.717, 1.165) is 23.4 Å². The van der Waals surface area contributed by atoms with Crippen LogP contribution < -0.4 is 9.80 Å². The minimum Gasteiger partial charge on any atom is -0.441 e. The molecule has 1 fully saturated rings. The largest absolute Gasteiger partial charge is 0.441 e. The van der Waals surface area contributed by atoms with Crippen LogP contribution in [0.3, 0.4) is 0 Å². The number of ether oxygens (including phenoxy) is 1. The maximum absolute atomic E-state index is 14.6. The van der Waals surface area contributed by atoms with Crippen molar-refractivity contribution in [2.75, 3.05) is 35.8 Å². The Morgan fingerprint density at radius 2 is 1.96 bits per heavy atom. The van der Waals surface area contributed by atoms with Gasteiger partial charge in [0.05, 0.1) is 18.5 Å². The number of halogens is 3. The van der Waals surface area contributed by atoms with Crippen LogP contribution in [0, 0.1) is 17.5 Å². The Hall–Kier alpha value is -2.60. The average molecular weight is 420 g/mol. The fourth-order valence-electron chi connectivity index (χ4n) is 2.79. The van der Waals surface area contributed by atoms with Gasteiger partial charge in [0, 0.05) is 25.2 Å². The predicted molar refractivity (Wildman–Crippen MR) is 90.8 cm³/mol.